The van der Waals surface area contributed by atoms with E-state index >= 15 is 0 Å². The molecule has 13 nitrogen and oxygen atoms in total. The zero-order valence-electron chi connectivity index (χ0n) is 28.6. The number of benzene rings is 2. The van der Waals surface area contributed by atoms with E-state index in [-0.39, 0.29) is 15.7 Å². The number of rotatable bonds is 6. The van der Waals surface area contributed by atoms with Crippen LogP contribution in [-0.2, 0) is 12.6 Å². The van der Waals surface area contributed by atoms with E-state index in [1.165, 1.54) is 17.0 Å². The Labute approximate surface area is 296 Å². The van der Waals surface area contributed by atoms with Crippen LogP contribution in [0.15, 0.2) is 82.5 Å². The number of nitrogens with one attached hydrogen (secondary N) is 1. The lowest BCUT2D eigenvalue weighted by Gasteiger charge is -2.57. The first-order valence-electron chi connectivity index (χ1n) is 15.6. The summed E-state index contributed by atoms with van der Waals surface area (Å²) >= 11 is 3.56. The molecule has 0 radical (unpaired) electrons. The third-order valence-electron chi connectivity index (χ3n) is 8.88. The maximum absolute atomic E-state index is 14.6. The summed E-state index contributed by atoms with van der Waals surface area (Å²) in [5.41, 5.74) is 4.03. The second-order valence-corrected chi connectivity index (χ2v) is 14.8. The number of nitrogens with two attached hydrogens (primary N) is 1. The van der Waals surface area contributed by atoms with Crippen molar-refractivity contribution in [3.05, 3.63) is 99.3 Å². The highest BCUT2D eigenvalue weighted by atomic mass is 79.9. The van der Waals surface area contributed by atoms with Gasteiger partial charge in [-0.1, -0.05) is 71.9 Å². The van der Waals surface area contributed by atoms with Crippen molar-refractivity contribution in [1.82, 2.24) is 24.0 Å². The number of hydrogen-bond acceptors (Lipinski definition) is 7. The van der Waals surface area contributed by atoms with Gasteiger partial charge in [-0.3, -0.25) is 14.2 Å². The third-order valence-corrected chi connectivity index (χ3v) is 9.49. The van der Waals surface area contributed by atoms with Crippen LogP contribution in [0.4, 0.5) is 21.1 Å². The van der Waals surface area contributed by atoms with Crippen LogP contribution >= 0.6 is 15.9 Å². The van der Waals surface area contributed by atoms with Crippen molar-refractivity contribution in [2.24, 2.45) is 17.9 Å². The summed E-state index contributed by atoms with van der Waals surface area (Å²) in [6, 6.07) is 16.7. The van der Waals surface area contributed by atoms with Gasteiger partial charge in [-0.15, -0.1) is 0 Å². The molecule has 2 aromatic carbocycles. The number of hydrogen-bond donors (Lipinski definition) is 4. The SMILES string of the molecule is Cn1cc(-c2ccc(NC(=O)c3cc(Br)c(C(N(C(=O)O)C(=O)O)(C(C)(C)C)C(C)(C)C)n(-c4ccccc4)c3=O)cc2)c2c(N)ncnc21. The van der Waals surface area contributed by atoms with E-state index in [1.54, 1.807) is 96.1 Å². The summed E-state index contributed by atoms with van der Waals surface area (Å²) in [6.45, 7) is 10.3. The summed E-state index contributed by atoms with van der Waals surface area (Å²) in [5.74, 6) is -0.392. The van der Waals surface area contributed by atoms with Gasteiger partial charge < -0.3 is 25.8 Å². The number of nitrogen functional groups attached to an aromatic ring is 1. The number of carboxylic acid groups (broad SMARTS) is 2. The molecule has 5 aromatic rings. The maximum atomic E-state index is 14.6. The number of nitrogens with zero attached hydrogens (tertiary/aromatic N) is 5. The molecular formula is C36H38BrN7O6. The lowest BCUT2D eigenvalue weighted by molar-refractivity contribution is -0.0714. The Bertz CT molecular complexity index is 2170. The molecule has 0 bridgehead atoms. The van der Waals surface area contributed by atoms with Crippen LogP contribution in [0.1, 0.15) is 57.6 Å². The average Bonchev–Trinajstić information content (AvgIpc) is 3.37. The molecule has 3 amide bonds. The van der Waals surface area contributed by atoms with Crippen LogP contribution in [0.5, 0.6) is 0 Å². The van der Waals surface area contributed by atoms with Crippen molar-refractivity contribution in [3.63, 3.8) is 0 Å². The Morgan fingerprint density at radius 3 is 2.02 bits per heavy atom. The van der Waals surface area contributed by atoms with Crippen LogP contribution in [0.25, 0.3) is 27.8 Å². The normalized spacial score (nSPS) is 12.2. The lowest BCUT2D eigenvalue weighted by atomic mass is 9.57. The Hall–Kier alpha value is -5.50. The van der Waals surface area contributed by atoms with E-state index in [9.17, 15) is 29.4 Å². The van der Waals surface area contributed by atoms with Gasteiger partial charge in [0.2, 0.25) is 0 Å². The molecule has 5 rings (SSSR count). The minimum atomic E-state index is -1.88. The highest BCUT2D eigenvalue weighted by Crippen LogP contribution is 2.57. The highest BCUT2D eigenvalue weighted by Gasteiger charge is 2.62. The monoisotopic (exact) mass is 743 g/mol. The quantitative estimate of drug-likeness (QED) is 0.138. The Morgan fingerprint density at radius 1 is 0.900 bits per heavy atom. The Morgan fingerprint density at radius 2 is 1.48 bits per heavy atom. The second kappa shape index (κ2) is 12.8. The molecule has 0 unspecified atom stereocenters. The molecule has 0 spiro atoms. The molecule has 0 saturated carbocycles. The van der Waals surface area contributed by atoms with E-state index in [1.807, 2.05) is 17.8 Å². The minimum absolute atomic E-state index is 0.0535. The van der Waals surface area contributed by atoms with Gasteiger partial charge in [-0.2, -0.15) is 4.90 Å². The number of aromatic nitrogens is 4. The van der Waals surface area contributed by atoms with Gasteiger partial charge in [0.25, 0.3) is 11.5 Å². The number of imide groups is 1. The van der Waals surface area contributed by atoms with Crippen LogP contribution < -0.4 is 16.6 Å². The fourth-order valence-electron chi connectivity index (χ4n) is 7.27. The van der Waals surface area contributed by atoms with Gasteiger partial charge in [-0.25, -0.2) is 19.6 Å². The number of pyridine rings is 1. The number of fused-ring (bicyclic) bond motifs is 1. The summed E-state index contributed by atoms with van der Waals surface area (Å²) < 4.78 is 3.23. The van der Waals surface area contributed by atoms with E-state index in [2.05, 4.69) is 31.2 Å². The average molecular weight is 745 g/mol. The van der Waals surface area contributed by atoms with Crippen LogP contribution in [0, 0.1) is 10.8 Å². The first-order chi connectivity index (χ1) is 23.3. The lowest BCUT2D eigenvalue weighted by Crippen LogP contribution is -2.66. The molecule has 0 aliphatic carbocycles. The van der Waals surface area contributed by atoms with E-state index in [4.69, 9.17) is 5.73 Å². The maximum Gasteiger partial charge on any atom is 0.417 e. The topological polar surface area (TPSA) is 186 Å². The first kappa shape index (κ1) is 35.8. The number of carbonyl (C=O) groups excluding carboxylic acids is 1. The zero-order valence-corrected chi connectivity index (χ0v) is 30.2. The summed E-state index contributed by atoms with van der Waals surface area (Å²) in [5, 5.41) is 24.3. The molecule has 0 aliphatic rings. The summed E-state index contributed by atoms with van der Waals surface area (Å²) in [7, 11) is 1.85. The van der Waals surface area contributed by atoms with Gasteiger partial charge >= 0.3 is 12.2 Å². The van der Waals surface area contributed by atoms with Crippen molar-refractivity contribution in [2.75, 3.05) is 11.1 Å². The second-order valence-electron chi connectivity index (χ2n) is 14.0. The molecule has 5 N–H and O–H groups in total. The molecule has 50 heavy (non-hydrogen) atoms. The number of para-hydroxylation sites is 1. The number of carbonyl (C=O) groups is 3. The Kier molecular flexibility index (Phi) is 9.13. The van der Waals surface area contributed by atoms with Gasteiger partial charge in [0.05, 0.1) is 11.1 Å². The number of anilines is 2. The molecule has 260 valence electrons. The number of halogens is 1. The fourth-order valence-corrected chi connectivity index (χ4v) is 7.97. The first-order valence-corrected chi connectivity index (χ1v) is 16.4. The summed E-state index contributed by atoms with van der Waals surface area (Å²) in [6.07, 6.45) is -0.146. The highest BCUT2D eigenvalue weighted by molar-refractivity contribution is 9.10. The zero-order chi connectivity index (χ0) is 36.9. The van der Waals surface area contributed by atoms with Crippen molar-refractivity contribution < 1.29 is 24.6 Å². The van der Waals surface area contributed by atoms with Gasteiger partial charge in [-0.05, 0) is 62.7 Å². The largest absolute Gasteiger partial charge is 0.464 e. The molecule has 14 heteroatoms. The molecule has 0 fully saturated rings. The van der Waals surface area contributed by atoms with Crippen molar-refractivity contribution >= 4 is 56.6 Å². The van der Waals surface area contributed by atoms with Crippen molar-refractivity contribution in [3.8, 4) is 16.8 Å². The third kappa shape index (κ3) is 5.78. The minimum Gasteiger partial charge on any atom is -0.464 e. The smallest absolute Gasteiger partial charge is 0.417 e. The molecule has 0 aliphatic heterocycles. The molecular weight excluding hydrogens is 706 g/mol. The Balaban J connectivity index is 1.68. The molecule has 0 saturated heterocycles. The van der Waals surface area contributed by atoms with E-state index in [0.29, 0.717) is 33.1 Å². The van der Waals surface area contributed by atoms with Gasteiger partial charge in [0, 0.05) is 34.7 Å². The van der Waals surface area contributed by atoms with Crippen molar-refractivity contribution in [1.29, 1.82) is 0 Å². The standard InChI is InChI=1S/C36H38BrN7O6/c1-34(2,3)36(35(4,5)6,44(32(47)48)33(49)50)27-25(37)17-23(31(46)43(27)22-11-9-8-10-12-22)30(45)41-21-15-13-20(14-16-21)24-18-42(7)29-26(24)28(38)39-19-40-29/h8-19H,1-7H3,(H,41,45)(H,47,48)(H,49,50)(H2,38,39,40). The van der Waals surface area contributed by atoms with E-state index < -0.39 is 40.0 Å². The van der Waals surface area contributed by atoms with Crippen molar-refractivity contribution in [2.45, 2.75) is 47.1 Å². The predicted octanol–water partition coefficient (Wildman–Crippen LogP) is 7.33. The number of amides is 3. The molecule has 3 aromatic heterocycles. The molecule has 0 atom stereocenters. The fraction of sp³-hybridized carbons (Fsp3) is 0.278. The van der Waals surface area contributed by atoms with Gasteiger partial charge in [0.1, 0.15) is 28.9 Å². The van der Waals surface area contributed by atoms with Crippen LogP contribution in [0.2, 0.25) is 0 Å². The summed E-state index contributed by atoms with van der Waals surface area (Å²) in [4.78, 5) is 62.9. The van der Waals surface area contributed by atoms with Crippen LogP contribution in [0.3, 0.4) is 0 Å². The predicted molar refractivity (Wildman–Crippen MR) is 195 cm³/mol. The molecule has 3 heterocycles. The van der Waals surface area contributed by atoms with Crippen LogP contribution in [-0.4, -0.2) is 52.3 Å². The van der Waals surface area contributed by atoms with E-state index in [0.717, 1.165) is 11.1 Å². The van der Waals surface area contributed by atoms with Gasteiger partial charge in [0.15, 0.2) is 0 Å². The number of aryl methyl sites for hydroxylation is 1.